The molecule has 1 rings (SSSR count). The first kappa shape index (κ1) is 22.1. The average Bonchev–Trinajstić information content (AvgIpc) is 2.94. The van der Waals surface area contributed by atoms with Gasteiger partial charge in [0.1, 0.15) is 0 Å². The van der Waals surface area contributed by atoms with Crippen molar-refractivity contribution in [2.75, 3.05) is 13.6 Å². The summed E-state index contributed by atoms with van der Waals surface area (Å²) in [7, 11) is 1.77. The second kappa shape index (κ2) is 14.7. The van der Waals surface area contributed by atoms with Crippen LogP contribution in [0.25, 0.3) is 0 Å². The number of rotatable bonds is 11. The molecule has 0 aliphatic rings. The standard InChI is InChI=1S/C16H31N5O.HI/c1-4-5-6-7-8-9-10-11-12-18-16(17-3)19-13-15-20-14(2)21-22-15;/h4-13H2,1-3H3,(H2,17,18,19);1H. The third kappa shape index (κ3) is 11.3. The maximum Gasteiger partial charge on any atom is 0.246 e. The number of aliphatic imine (C=N–C) groups is 1. The van der Waals surface area contributed by atoms with Crippen LogP contribution in [0.5, 0.6) is 0 Å². The van der Waals surface area contributed by atoms with E-state index in [4.69, 9.17) is 4.52 Å². The zero-order chi connectivity index (χ0) is 16.0. The first-order valence-electron chi connectivity index (χ1n) is 8.50. The minimum absolute atomic E-state index is 0. The highest BCUT2D eigenvalue weighted by Crippen LogP contribution is 2.07. The van der Waals surface area contributed by atoms with Crippen molar-refractivity contribution in [3.8, 4) is 0 Å². The Labute approximate surface area is 157 Å². The lowest BCUT2D eigenvalue weighted by atomic mass is 10.1. The minimum Gasteiger partial charge on any atom is -0.356 e. The molecule has 0 fully saturated rings. The Bertz CT molecular complexity index is 422. The van der Waals surface area contributed by atoms with Crippen molar-refractivity contribution in [1.29, 1.82) is 0 Å². The fourth-order valence-corrected chi connectivity index (χ4v) is 2.26. The zero-order valence-electron chi connectivity index (χ0n) is 14.7. The van der Waals surface area contributed by atoms with Gasteiger partial charge in [-0.15, -0.1) is 24.0 Å². The second-order valence-electron chi connectivity index (χ2n) is 5.56. The van der Waals surface area contributed by atoms with E-state index in [0.29, 0.717) is 18.3 Å². The van der Waals surface area contributed by atoms with Crippen LogP contribution in [-0.2, 0) is 6.54 Å². The molecule has 0 aliphatic heterocycles. The minimum atomic E-state index is 0. The van der Waals surface area contributed by atoms with E-state index in [-0.39, 0.29) is 24.0 Å². The van der Waals surface area contributed by atoms with E-state index in [9.17, 15) is 0 Å². The first-order chi connectivity index (χ1) is 10.8. The van der Waals surface area contributed by atoms with Crippen molar-refractivity contribution >= 4 is 29.9 Å². The van der Waals surface area contributed by atoms with Gasteiger partial charge in [0, 0.05) is 13.6 Å². The highest BCUT2D eigenvalue weighted by Gasteiger charge is 2.03. The second-order valence-corrected chi connectivity index (χ2v) is 5.56. The lowest BCUT2D eigenvalue weighted by Crippen LogP contribution is -2.37. The SMILES string of the molecule is CCCCCCCCCCNC(=NC)NCc1nc(C)no1.I. The number of hydrogen-bond acceptors (Lipinski definition) is 4. The molecule has 134 valence electrons. The summed E-state index contributed by atoms with van der Waals surface area (Å²) in [5.41, 5.74) is 0. The van der Waals surface area contributed by atoms with Gasteiger partial charge in [0.2, 0.25) is 5.89 Å². The highest BCUT2D eigenvalue weighted by atomic mass is 127. The molecule has 0 aliphatic carbocycles. The maximum atomic E-state index is 5.05. The number of guanidine groups is 1. The summed E-state index contributed by atoms with van der Waals surface area (Å²) < 4.78 is 5.05. The molecule has 0 spiro atoms. The van der Waals surface area contributed by atoms with Gasteiger partial charge in [-0.1, -0.05) is 57.0 Å². The normalized spacial score (nSPS) is 11.2. The van der Waals surface area contributed by atoms with E-state index in [1.807, 2.05) is 6.92 Å². The molecule has 0 amide bonds. The number of aryl methyl sites for hydroxylation is 1. The predicted octanol–water partition coefficient (Wildman–Crippen LogP) is 3.80. The Morgan fingerprint density at radius 1 is 1.04 bits per heavy atom. The van der Waals surface area contributed by atoms with Gasteiger partial charge in [-0.05, 0) is 13.3 Å². The summed E-state index contributed by atoms with van der Waals surface area (Å²) in [6.07, 6.45) is 10.6. The Hall–Kier alpha value is -0.860. The summed E-state index contributed by atoms with van der Waals surface area (Å²) in [5, 5.41) is 10.2. The smallest absolute Gasteiger partial charge is 0.246 e. The number of hydrogen-bond donors (Lipinski definition) is 2. The van der Waals surface area contributed by atoms with Crippen LogP contribution in [0.3, 0.4) is 0 Å². The maximum absolute atomic E-state index is 5.05. The molecule has 0 aromatic carbocycles. The number of aromatic nitrogens is 2. The average molecular weight is 437 g/mol. The molecule has 0 bridgehead atoms. The molecule has 2 N–H and O–H groups in total. The molecule has 0 saturated heterocycles. The highest BCUT2D eigenvalue weighted by molar-refractivity contribution is 14.0. The van der Waals surface area contributed by atoms with E-state index in [1.54, 1.807) is 7.05 Å². The molecule has 7 heteroatoms. The van der Waals surface area contributed by atoms with Crippen LogP contribution in [0.1, 0.15) is 70.0 Å². The van der Waals surface area contributed by atoms with Gasteiger partial charge in [-0.25, -0.2) is 0 Å². The molecule has 23 heavy (non-hydrogen) atoms. The summed E-state index contributed by atoms with van der Waals surface area (Å²) >= 11 is 0. The van der Waals surface area contributed by atoms with Crippen LogP contribution in [0.2, 0.25) is 0 Å². The van der Waals surface area contributed by atoms with Gasteiger partial charge in [-0.2, -0.15) is 4.98 Å². The van der Waals surface area contributed by atoms with Gasteiger partial charge < -0.3 is 15.2 Å². The van der Waals surface area contributed by atoms with E-state index >= 15 is 0 Å². The number of nitrogens with zero attached hydrogens (tertiary/aromatic N) is 3. The molecule has 0 atom stereocenters. The Morgan fingerprint density at radius 2 is 1.70 bits per heavy atom. The largest absolute Gasteiger partial charge is 0.356 e. The van der Waals surface area contributed by atoms with Crippen molar-refractivity contribution in [1.82, 2.24) is 20.8 Å². The third-order valence-electron chi connectivity index (χ3n) is 3.52. The van der Waals surface area contributed by atoms with E-state index in [0.717, 1.165) is 12.5 Å². The summed E-state index contributed by atoms with van der Waals surface area (Å²) in [5.74, 6) is 2.00. The van der Waals surface area contributed by atoms with Gasteiger partial charge in [-0.3, -0.25) is 4.99 Å². The van der Waals surface area contributed by atoms with Crippen LogP contribution in [0, 0.1) is 6.92 Å². The lowest BCUT2D eigenvalue weighted by Gasteiger charge is -2.10. The lowest BCUT2D eigenvalue weighted by molar-refractivity contribution is 0.371. The molecule has 0 saturated carbocycles. The van der Waals surface area contributed by atoms with Crippen molar-refractivity contribution in [3.05, 3.63) is 11.7 Å². The molecular formula is C16H32IN5O. The van der Waals surface area contributed by atoms with E-state index in [1.165, 1.54) is 51.4 Å². The van der Waals surface area contributed by atoms with Crippen molar-refractivity contribution in [2.24, 2.45) is 4.99 Å². The Balaban J connectivity index is 0.00000484. The molecule has 0 unspecified atom stereocenters. The van der Waals surface area contributed by atoms with Crippen LogP contribution in [0.4, 0.5) is 0 Å². The van der Waals surface area contributed by atoms with Crippen molar-refractivity contribution in [2.45, 2.75) is 71.8 Å². The number of nitrogens with one attached hydrogen (secondary N) is 2. The topological polar surface area (TPSA) is 75.3 Å². The van der Waals surface area contributed by atoms with Gasteiger partial charge in [0.25, 0.3) is 0 Å². The van der Waals surface area contributed by atoms with E-state index in [2.05, 4.69) is 32.7 Å². The van der Waals surface area contributed by atoms with Crippen LogP contribution in [0.15, 0.2) is 9.52 Å². The zero-order valence-corrected chi connectivity index (χ0v) is 17.1. The predicted molar refractivity (Wildman–Crippen MR) is 105 cm³/mol. The van der Waals surface area contributed by atoms with Crippen LogP contribution < -0.4 is 10.6 Å². The summed E-state index contributed by atoms with van der Waals surface area (Å²) in [6, 6.07) is 0. The Kier molecular flexibility index (Phi) is 14.2. The molecule has 6 nitrogen and oxygen atoms in total. The van der Waals surface area contributed by atoms with Gasteiger partial charge in [0.05, 0.1) is 6.54 Å². The van der Waals surface area contributed by atoms with Gasteiger partial charge >= 0.3 is 0 Å². The van der Waals surface area contributed by atoms with Crippen LogP contribution >= 0.6 is 24.0 Å². The fourth-order valence-electron chi connectivity index (χ4n) is 2.26. The first-order valence-corrected chi connectivity index (χ1v) is 8.50. The van der Waals surface area contributed by atoms with Crippen molar-refractivity contribution in [3.63, 3.8) is 0 Å². The molecule has 1 aromatic rings. The Morgan fingerprint density at radius 3 is 2.26 bits per heavy atom. The van der Waals surface area contributed by atoms with Crippen LogP contribution in [-0.4, -0.2) is 29.7 Å². The van der Waals surface area contributed by atoms with E-state index < -0.39 is 0 Å². The number of halogens is 1. The monoisotopic (exact) mass is 437 g/mol. The molecular weight excluding hydrogens is 405 g/mol. The van der Waals surface area contributed by atoms with Gasteiger partial charge in [0.15, 0.2) is 11.8 Å². The molecule has 1 aromatic heterocycles. The van der Waals surface area contributed by atoms with Crippen molar-refractivity contribution < 1.29 is 4.52 Å². The number of unbranched alkanes of at least 4 members (excludes halogenated alkanes) is 7. The summed E-state index contributed by atoms with van der Waals surface area (Å²) in [6.45, 7) is 5.50. The molecule has 1 heterocycles. The fraction of sp³-hybridized carbons (Fsp3) is 0.812. The molecule has 0 radical (unpaired) electrons. The quantitative estimate of drug-likeness (QED) is 0.238. The summed E-state index contributed by atoms with van der Waals surface area (Å²) in [4.78, 5) is 8.33. The third-order valence-corrected chi connectivity index (χ3v) is 3.52.